The number of fused-ring (bicyclic) bond motifs is 2. The highest BCUT2D eigenvalue weighted by molar-refractivity contribution is 7.91. The number of amides is 1. The van der Waals surface area contributed by atoms with Crippen molar-refractivity contribution < 1.29 is 17.9 Å². The second kappa shape index (κ2) is 7.21. The van der Waals surface area contributed by atoms with Gasteiger partial charge < -0.3 is 14.0 Å². The Morgan fingerprint density at radius 2 is 2.07 bits per heavy atom. The van der Waals surface area contributed by atoms with Crippen LogP contribution in [0.3, 0.4) is 0 Å². The van der Waals surface area contributed by atoms with Gasteiger partial charge in [0.1, 0.15) is 5.65 Å². The lowest BCUT2D eigenvalue weighted by molar-refractivity contribution is -0.136. The first kappa shape index (κ1) is 18.4. The molecule has 8 nitrogen and oxygen atoms in total. The topological polar surface area (TPSA) is 84.2 Å². The number of hydrogen-bond acceptors (Lipinski definition) is 6. The second-order valence-electron chi connectivity index (χ2n) is 7.18. The summed E-state index contributed by atoms with van der Waals surface area (Å²) in [6.45, 7) is 2.44. The van der Waals surface area contributed by atoms with Crippen molar-refractivity contribution in [3.8, 4) is 0 Å². The number of aromatic nitrogens is 2. The van der Waals surface area contributed by atoms with Crippen LogP contribution in [-0.4, -0.2) is 90.4 Å². The van der Waals surface area contributed by atoms with Gasteiger partial charge in [-0.1, -0.05) is 6.07 Å². The monoisotopic (exact) mass is 392 g/mol. The lowest BCUT2D eigenvalue weighted by Crippen LogP contribution is -2.61. The van der Waals surface area contributed by atoms with Crippen molar-refractivity contribution in [1.82, 2.24) is 19.2 Å². The molecule has 146 valence electrons. The average Bonchev–Trinajstić information content (AvgIpc) is 3.19. The zero-order valence-corrected chi connectivity index (χ0v) is 16.1. The van der Waals surface area contributed by atoms with Gasteiger partial charge in [-0.3, -0.25) is 9.69 Å². The Balaban J connectivity index is 1.53. The Morgan fingerprint density at radius 1 is 1.26 bits per heavy atom. The van der Waals surface area contributed by atoms with Gasteiger partial charge in [-0.2, -0.15) is 0 Å². The molecular weight excluding hydrogens is 368 g/mol. The number of nitrogens with zero attached hydrogens (tertiary/aromatic N) is 4. The maximum Gasteiger partial charge on any atom is 0.228 e. The van der Waals surface area contributed by atoms with E-state index in [1.807, 2.05) is 28.8 Å². The average molecular weight is 392 g/mol. The van der Waals surface area contributed by atoms with Gasteiger partial charge in [-0.25, -0.2) is 13.4 Å². The standard InChI is InChI=1S/C18H24N4O4S/c1-26-9-8-20-6-7-22(16-13-27(24,25)12-15(16)20)18(23)10-14-11-19-17-4-2-3-5-21(14)17/h2-5,11,15-16H,6-10,12-13H2,1H3. The molecule has 1 amide bonds. The number of imidazole rings is 1. The molecule has 4 heterocycles. The molecule has 2 aliphatic heterocycles. The van der Waals surface area contributed by atoms with Crippen LogP contribution in [0.15, 0.2) is 30.6 Å². The summed E-state index contributed by atoms with van der Waals surface area (Å²) in [6.07, 6.45) is 3.81. The van der Waals surface area contributed by atoms with Crippen molar-refractivity contribution in [2.24, 2.45) is 0 Å². The summed E-state index contributed by atoms with van der Waals surface area (Å²) in [5.74, 6) is 0.111. The number of sulfone groups is 1. The molecule has 9 heteroatoms. The van der Waals surface area contributed by atoms with E-state index in [0.29, 0.717) is 26.2 Å². The number of carbonyl (C=O) groups excluding carboxylic acids is 1. The van der Waals surface area contributed by atoms with Crippen molar-refractivity contribution >= 4 is 21.4 Å². The molecule has 2 aromatic heterocycles. The Bertz CT molecular complexity index is 942. The molecule has 2 unspecified atom stereocenters. The van der Waals surface area contributed by atoms with Crippen LogP contribution in [0.2, 0.25) is 0 Å². The third-order valence-corrected chi connectivity index (χ3v) is 7.22. The SMILES string of the molecule is COCCN1CCN(C(=O)Cc2cnc3ccccn23)C2CS(=O)(=O)CC21. The van der Waals surface area contributed by atoms with E-state index >= 15 is 0 Å². The van der Waals surface area contributed by atoms with Crippen LogP contribution in [0.5, 0.6) is 0 Å². The molecule has 0 aliphatic carbocycles. The molecule has 0 bridgehead atoms. The van der Waals surface area contributed by atoms with Crippen molar-refractivity contribution in [1.29, 1.82) is 0 Å². The van der Waals surface area contributed by atoms with E-state index in [-0.39, 0.29) is 35.9 Å². The molecule has 27 heavy (non-hydrogen) atoms. The van der Waals surface area contributed by atoms with Crippen LogP contribution in [0.1, 0.15) is 5.69 Å². The fourth-order valence-corrected chi connectivity index (χ4v) is 6.20. The fraction of sp³-hybridized carbons (Fsp3) is 0.556. The van der Waals surface area contributed by atoms with E-state index in [1.165, 1.54) is 0 Å². The molecule has 0 saturated carbocycles. The van der Waals surface area contributed by atoms with Crippen molar-refractivity contribution in [3.05, 3.63) is 36.3 Å². The first-order valence-electron chi connectivity index (χ1n) is 9.12. The van der Waals surface area contributed by atoms with Gasteiger partial charge in [0, 0.05) is 45.2 Å². The predicted octanol–water partition coefficient (Wildman–Crippen LogP) is -0.167. The number of hydrogen-bond donors (Lipinski definition) is 0. The van der Waals surface area contributed by atoms with Gasteiger partial charge in [-0.15, -0.1) is 0 Å². The summed E-state index contributed by atoms with van der Waals surface area (Å²) in [4.78, 5) is 21.3. The van der Waals surface area contributed by atoms with Gasteiger partial charge in [0.25, 0.3) is 0 Å². The largest absolute Gasteiger partial charge is 0.383 e. The fourth-order valence-electron chi connectivity index (χ4n) is 4.19. The number of ether oxygens (including phenoxy) is 1. The predicted molar refractivity (Wildman–Crippen MR) is 100 cm³/mol. The second-order valence-corrected chi connectivity index (χ2v) is 9.34. The van der Waals surface area contributed by atoms with Crippen LogP contribution < -0.4 is 0 Å². The van der Waals surface area contributed by atoms with E-state index in [1.54, 1.807) is 18.2 Å². The van der Waals surface area contributed by atoms with Gasteiger partial charge in [0.2, 0.25) is 5.91 Å². The Hall–Kier alpha value is -1.97. The third-order valence-electron chi connectivity index (χ3n) is 5.52. The molecule has 0 radical (unpaired) electrons. The third kappa shape index (κ3) is 3.59. The Kier molecular flexibility index (Phi) is 4.92. The van der Waals surface area contributed by atoms with Gasteiger partial charge in [0.15, 0.2) is 9.84 Å². The summed E-state index contributed by atoms with van der Waals surface area (Å²) in [5, 5.41) is 0. The Labute approximate surface area is 158 Å². The quantitative estimate of drug-likeness (QED) is 0.703. The number of rotatable bonds is 5. The molecule has 4 rings (SSSR count). The Morgan fingerprint density at radius 3 is 2.89 bits per heavy atom. The van der Waals surface area contributed by atoms with Crippen LogP contribution >= 0.6 is 0 Å². The molecule has 2 fully saturated rings. The summed E-state index contributed by atoms with van der Waals surface area (Å²) < 4.78 is 31.6. The van der Waals surface area contributed by atoms with E-state index in [4.69, 9.17) is 4.74 Å². The van der Waals surface area contributed by atoms with Crippen LogP contribution in [-0.2, 0) is 25.8 Å². The van der Waals surface area contributed by atoms with Crippen molar-refractivity contribution in [2.75, 3.05) is 44.9 Å². The van der Waals surface area contributed by atoms with Crippen molar-refractivity contribution in [3.63, 3.8) is 0 Å². The molecule has 0 N–H and O–H groups in total. The lowest BCUT2D eigenvalue weighted by Gasteiger charge is -2.43. The molecule has 2 atom stereocenters. The smallest absolute Gasteiger partial charge is 0.228 e. The number of piperazine rings is 1. The first-order chi connectivity index (χ1) is 13.0. The highest BCUT2D eigenvalue weighted by atomic mass is 32.2. The zero-order chi connectivity index (χ0) is 19.0. The molecule has 0 aromatic carbocycles. The normalized spacial score (nSPS) is 25.0. The summed E-state index contributed by atoms with van der Waals surface area (Å²) in [7, 11) is -1.51. The minimum absolute atomic E-state index is 0.0417. The lowest BCUT2D eigenvalue weighted by atomic mass is 10.0. The van der Waals surface area contributed by atoms with E-state index < -0.39 is 9.84 Å². The van der Waals surface area contributed by atoms with E-state index in [2.05, 4.69) is 9.88 Å². The highest BCUT2D eigenvalue weighted by Gasteiger charge is 2.47. The van der Waals surface area contributed by atoms with Crippen LogP contribution in [0, 0.1) is 0 Å². The highest BCUT2D eigenvalue weighted by Crippen LogP contribution is 2.27. The van der Waals surface area contributed by atoms with Crippen LogP contribution in [0.4, 0.5) is 0 Å². The number of pyridine rings is 1. The van der Waals surface area contributed by atoms with Gasteiger partial charge in [-0.05, 0) is 12.1 Å². The summed E-state index contributed by atoms with van der Waals surface area (Å²) in [6, 6.07) is 5.26. The molecular formula is C18H24N4O4S. The molecule has 2 aliphatic rings. The molecule has 2 aromatic rings. The minimum atomic E-state index is -3.14. The number of carbonyl (C=O) groups is 1. The summed E-state index contributed by atoms with van der Waals surface area (Å²) >= 11 is 0. The van der Waals surface area contributed by atoms with E-state index in [0.717, 1.165) is 11.3 Å². The minimum Gasteiger partial charge on any atom is -0.383 e. The van der Waals surface area contributed by atoms with Gasteiger partial charge in [0.05, 0.1) is 36.3 Å². The molecule has 0 spiro atoms. The van der Waals surface area contributed by atoms with Gasteiger partial charge >= 0.3 is 0 Å². The maximum atomic E-state index is 13.0. The van der Waals surface area contributed by atoms with E-state index in [9.17, 15) is 13.2 Å². The van der Waals surface area contributed by atoms with Crippen LogP contribution in [0.25, 0.3) is 5.65 Å². The van der Waals surface area contributed by atoms with Crippen molar-refractivity contribution in [2.45, 2.75) is 18.5 Å². The summed E-state index contributed by atoms with van der Waals surface area (Å²) in [5.41, 5.74) is 1.61. The number of methoxy groups -OCH3 is 1. The maximum absolute atomic E-state index is 13.0. The zero-order valence-electron chi connectivity index (χ0n) is 15.3. The molecule has 2 saturated heterocycles. The first-order valence-corrected chi connectivity index (χ1v) is 10.9.